The molecule has 0 unspecified atom stereocenters. The van der Waals surface area contributed by atoms with Gasteiger partial charge in [0.05, 0.1) is 6.20 Å². The number of carboxylic acid groups (broad SMARTS) is 1. The van der Waals surface area contributed by atoms with Crippen molar-refractivity contribution in [1.29, 1.82) is 0 Å². The Morgan fingerprint density at radius 2 is 2.12 bits per heavy atom. The molecule has 17 heavy (non-hydrogen) atoms. The number of carboxylic acids is 1. The highest BCUT2D eigenvalue weighted by Gasteiger charge is 2.17. The van der Waals surface area contributed by atoms with Gasteiger partial charge in [0.1, 0.15) is 0 Å². The summed E-state index contributed by atoms with van der Waals surface area (Å²) in [5, 5.41) is 8.70. The monoisotopic (exact) mass is 233 g/mol. The molecule has 0 aliphatic carbocycles. The van der Waals surface area contributed by atoms with Gasteiger partial charge >= 0.3 is 11.9 Å². The van der Waals surface area contributed by atoms with Gasteiger partial charge in [0.15, 0.2) is 17.3 Å². The second-order valence-electron chi connectivity index (χ2n) is 3.40. The van der Waals surface area contributed by atoms with Crippen molar-refractivity contribution in [3.63, 3.8) is 0 Å². The van der Waals surface area contributed by atoms with Crippen LogP contribution in [0, 0.1) is 0 Å². The van der Waals surface area contributed by atoms with Crippen molar-refractivity contribution in [1.82, 2.24) is 4.98 Å². The summed E-state index contributed by atoms with van der Waals surface area (Å²) < 4.78 is 15.5. The van der Waals surface area contributed by atoms with Crippen LogP contribution in [0.4, 0.5) is 0 Å². The van der Waals surface area contributed by atoms with Crippen LogP contribution in [0.15, 0.2) is 28.8 Å². The van der Waals surface area contributed by atoms with Crippen molar-refractivity contribution < 1.29 is 23.8 Å². The molecule has 0 atom stereocenters. The Kier molecular flexibility index (Phi) is 2.01. The summed E-state index contributed by atoms with van der Waals surface area (Å²) in [6.07, 6.45) is 1.36. The number of fused-ring (bicyclic) bond motifs is 1. The molecule has 1 N–H and O–H groups in total. The van der Waals surface area contributed by atoms with E-state index in [0.29, 0.717) is 22.8 Å². The fourth-order valence-corrected chi connectivity index (χ4v) is 1.56. The van der Waals surface area contributed by atoms with Crippen LogP contribution in [-0.2, 0) is 0 Å². The van der Waals surface area contributed by atoms with Crippen LogP contribution >= 0.6 is 0 Å². The fraction of sp³-hybridized carbons (Fsp3) is 0.0909. The summed E-state index contributed by atoms with van der Waals surface area (Å²) in [6, 6.07) is 5.20. The highest BCUT2D eigenvalue weighted by molar-refractivity contribution is 5.82. The van der Waals surface area contributed by atoms with Crippen LogP contribution in [0.5, 0.6) is 11.5 Å². The van der Waals surface area contributed by atoms with Crippen LogP contribution in [0.1, 0.15) is 10.7 Å². The van der Waals surface area contributed by atoms with Crippen LogP contribution in [0.3, 0.4) is 0 Å². The second kappa shape index (κ2) is 3.51. The maximum Gasteiger partial charge on any atom is 0.392 e. The van der Waals surface area contributed by atoms with Crippen LogP contribution in [0.25, 0.3) is 11.3 Å². The molecule has 0 amide bonds. The number of rotatable bonds is 2. The minimum absolute atomic E-state index is 0.190. The van der Waals surface area contributed by atoms with E-state index in [1.54, 1.807) is 18.2 Å². The highest BCUT2D eigenvalue weighted by Crippen LogP contribution is 2.35. The molecule has 1 aliphatic heterocycles. The van der Waals surface area contributed by atoms with Crippen molar-refractivity contribution in [2.45, 2.75) is 0 Å². The van der Waals surface area contributed by atoms with Crippen molar-refractivity contribution in [3.8, 4) is 22.8 Å². The lowest BCUT2D eigenvalue weighted by molar-refractivity contribution is 0.0654. The Labute approximate surface area is 95.4 Å². The number of aromatic carboxylic acids is 1. The van der Waals surface area contributed by atoms with Gasteiger partial charge in [-0.3, -0.25) is 0 Å². The third-order valence-corrected chi connectivity index (χ3v) is 2.35. The second-order valence-corrected chi connectivity index (χ2v) is 3.40. The van der Waals surface area contributed by atoms with Gasteiger partial charge < -0.3 is 19.0 Å². The molecule has 2 heterocycles. The van der Waals surface area contributed by atoms with E-state index in [1.165, 1.54) is 6.20 Å². The molecule has 1 aromatic carbocycles. The van der Waals surface area contributed by atoms with E-state index < -0.39 is 5.97 Å². The van der Waals surface area contributed by atoms with E-state index in [4.69, 9.17) is 19.0 Å². The predicted octanol–water partition coefficient (Wildman–Crippen LogP) is 1.77. The summed E-state index contributed by atoms with van der Waals surface area (Å²) in [7, 11) is 0. The largest absolute Gasteiger partial charge is 0.474 e. The molecule has 86 valence electrons. The lowest BCUT2D eigenvalue weighted by Crippen LogP contribution is -1.94. The predicted molar refractivity (Wildman–Crippen MR) is 55.0 cm³/mol. The van der Waals surface area contributed by atoms with Gasteiger partial charge in [-0.25, -0.2) is 9.78 Å². The molecule has 6 heteroatoms. The summed E-state index contributed by atoms with van der Waals surface area (Å²) >= 11 is 0. The Balaban J connectivity index is 2.00. The van der Waals surface area contributed by atoms with Crippen molar-refractivity contribution in [3.05, 3.63) is 30.3 Å². The van der Waals surface area contributed by atoms with Crippen LogP contribution < -0.4 is 9.47 Å². The normalized spacial score (nSPS) is 12.7. The van der Waals surface area contributed by atoms with Gasteiger partial charge in [-0.2, -0.15) is 0 Å². The average molecular weight is 233 g/mol. The van der Waals surface area contributed by atoms with Gasteiger partial charge in [-0.05, 0) is 18.2 Å². The van der Waals surface area contributed by atoms with Crippen LogP contribution in [0.2, 0.25) is 0 Å². The molecule has 6 nitrogen and oxygen atoms in total. The first-order valence-electron chi connectivity index (χ1n) is 4.83. The summed E-state index contributed by atoms with van der Waals surface area (Å²) in [4.78, 5) is 14.3. The third-order valence-electron chi connectivity index (χ3n) is 2.35. The molecular formula is C11H7NO5. The average Bonchev–Trinajstić information content (AvgIpc) is 2.97. The van der Waals surface area contributed by atoms with Gasteiger partial charge in [0, 0.05) is 5.56 Å². The van der Waals surface area contributed by atoms with Gasteiger partial charge in [-0.1, -0.05) is 0 Å². The molecule has 0 bridgehead atoms. The molecular weight excluding hydrogens is 226 g/mol. The zero-order valence-corrected chi connectivity index (χ0v) is 8.54. The van der Waals surface area contributed by atoms with Gasteiger partial charge in [-0.15, -0.1) is 0 Å². The maximum absolute atomic E-state index is 10.6. The first-order chi connectivity index (χ1) is 8.24. The van der Waals surface area contributed by atoms with E-state index in [1.807, 2.05) is 0 Å². The number of carbonyl (C=O) groups is 1. The fourth-order valence-electron chi connectivity index (χ4n) is 1.56. The van der Waals surface area contributed by atoms with Gasteiger partial charge in [0.25, 0.3) is 0 Å². The van der Waals surface area contributed by atoms with Crippen molar-refractivity contribution >= 4 is 5.97 Å². The number of nitrogens with zero attached hydrogens (tertiary/aromatic N) is 1. The molecule has 0 fully saturated rings. The summed E-state index contributed by atoms with van der Waals surface area (Å²) in [6.45, 7) is 0.190. The molecule has 0 saturated carbocycles. The zero-order valence-electron chi connectivity index (χ0n) is 8.54. The number of ether oxygens (including phenoxy) is 2. The van der Waals surface area contributed by atoms with Crippen LogP contribution in [-0.4, -0.2) is 22.9 Å². The quantitative estimate of drug-likeness (QED) is 0.851. The third kappa shape index (κ3) is 1.59. The Hall–Kier alpha value is -2.50. The summed E-state index contributed by atoms with van der Waals surface area (Å²) in [5.41, 5.74) is 0.689. The smallest absolute Gasteiger partial charge is 0.392 e. The van der Waals surface area contributed by atoms with E-state index in [2.05, 4.69) is 4.98 Å². The lowest BCUT2D eigenvalue weighted by Gasteiger charge is -1.98. The molecule has 1 aromatic heterocycles. The minimum atomic E-state index is -1.20. The number of hydrogen-bond donors (Lipinski definition) is 1. The standard InChI is InChI=1S/C11H7NO5/c13-11(14)10-12-4-9(17-10)6-1-2-7-8(3-6)16-5-15-7/h1-4H,5H2,(H,13,14). The van der Waals surface area contributed by atoms with E-state index >= 15 is 0 Å². The Morgan fingerprint density at radius 3 is 2.88 bits per heavy atom. The van der Waals surface area contributed by atoms with E-state index in [0.717, 1.165) is 0 Å². The summed E-state index contributed by atoms with van der Waals surface area (Å²) in [5.74, 6) is 0.109. The first-order valence-corrected chi connectivity index (χ1v) is 4.83. The molecule has 0 radical (unpaired) electrons. The van der Waals surface area contributed by atoms with E-state index in [9.17, 15) is 4.79 Å². The molecule has 0 spiro atoms. The molecule has 3 rings (SSSR count). The topological polar surface area (TPSA) is 81.8 Å². The molecule has 2 aromatic rings. The number of benzene rings is 1. The SMILES string of the molecule is O=C(O)c1ncc(-c2ccc3c(c2)OCO3)o1. The van der Waals surface area contributed by atoms with Gasteiger partial charge in [0.2, 0.25) is 6.79 Å². The number of oxazole rings is 1. The highest BCUT2D eigenvalue weighted by atomic mass is 16.7. The Morgan fingerprint density at radius 1 is 1.29 bits per heavy atom. The van der Waals surface area contributed by atoms with E-state index in [-0.39, 0.29) is 12.7 Å². The van der Waals surface area contributed by atoms with Crippen molar-refractivity contribution in [2.24, 2.45) is 0 Å². The first kappa shape index (κ1) is 9.71. The zero-order chi connectivity index (χ0) is 11.8. The lowest BCUT2D eigenvalue weighted by atomic mass is 10.1. The molecule has 1 aliphatic rings. The number of aromatic nitrogens is 1. The van der Waals surface area contributed by atoms with Crippen molar-refractivity contribution in [2.75, 3.05) is 6.79 Å². The minimum Gasteiger partial charge on any atom is -0.474 e. The molecule has 0 saturated heterocycles. The number of hydrogen-bond acceptors (Lipinski definition) is 5. The maximum atomic E-state index is 10.6. The Bertz CT molecular complexity index is 589.